The van der Waals surface area contributed by atoms with Gasteiger partial charge in [0, 0.05) is 25.9 Å². The standard InChI is InChI=1S/C20H25N3O3/c24-15-19-7-6-18(26-19)14-22-11-8-17(9-12-22)23(13-10-21-20(23)25)16-4-2-1-3-5-16/h1-7,17,24H,8-15H2/p+1. The van der Waals surface area contributed by atoms with Gasteiger partial charge in [0.25, 0.3) is 0 Å². The maximum absolute atomic E-state index is 12.8. The zero-order chi connectivity index (χ0) is 18.0. The first-order valence-electron chi connectivity index (χ1n) is 9.35. The van der Waals surface area contributed by atoms with E-state index >= 15 is 0 Å². The van der Waals surface area contributed by atoms with E-state index in [4.69, 9.17) is 9.52 Å². The molecule has 2 aliphatic heterocycles. The van der Waals surface area contributed by atoms with Crippen LogP contribution in [0.1, 0.15) is 24.4 Å². The van der Waals surface area contributed by atoms with E-state index in [1.165, 1.54) is 0 Å². The number of rotatable bonds is 5. The zero-order valence-corrected chi connectivity index (χ0v) is 14.9. The second-order valence-corrected chi connectivity index (χ2v) is 7.19. The van der Waals surface area contributed by atoms with Crippen molar-refractivity contribution in [3.63, 3.8) is 0 Å². The second-order valence-electron chi connectivity index (χ2n) is 7.19. The second kappa shape index (κ2) is 7.23. The molecular formula is C20H26N3O3+. The van der Waals surface area contributed by atoms with Crippen molar-refractivity contribution < 1.29 is 14.3 Å². The number of likely N-dealkylation sites (tertiary alicyclic amines) is 1. The summed E-state index contributed by atoms with van der Waals surface area (Å²) in [6, 6.07) is 14.4. The number of benzene rings is 1. The van der Waals surface area contributed by atoms with E-state index in [0.29, 0.717) is 16.3 Å². The van der Waals surface area contributed by atoms with E-state index in [2.05, 4.69) is 22.3 Å². The average Bonchev–Trinajstić information content (AvgIpc) is 3.30. The molecule has 0 bridgehead atoms. The lowest BCUT2D eigenvalue weighted by Gasteiger charge is -2.41. The van der Waals surface area contributed by atoms with E-state index in [1.54, 1.807) is 0 Å². The maximum Gasteiger partial charge on any atom is 0.422 e. The van der Waals surface area contributed by atoms with Crippen molar-refractivity contribution in [3.05, 3.63) is 54.0 Å². The Balaban J connectivity index is 1.46. The molecule has 2 saturated heterocycles. The smallest absolute Gasteiger partial charge is 0.422 e. The Labute approximate surface area is 153 Å². The van der Waals surface area contributed by atoms with Crippen LogP contribution >= 0.6 is 0 Å². The molecule has 1 aromatic heterocycles. The normalized spacial score (nSPS) is 24.7. The van der Waals surface area contributed by atoms with Gasteiger partial charge in [-0.05, 0) is 24.3 Å². The third-order valence-electron chi connectivity index (χ3n) is 5.75. The van der Waals surface area contributed by atoms with E-state index in [1.807, 2.05) is 30.3 Å². The Morgan fingerprint density at radius 2 is 1.85 bits per heavy atom. The number of aliphatic hydroxyl groups excluding tert-OH is 1. The Morgan fingerprint density at radius 1 is 1.12 bits per heavy atom. The number of carbonyl (C=O) groups is 1. The molecule has 1 unspecified atom stereocenters. The maximum atomic E-state index is 12.8. The fourth-order valence-corrected chi connectivity index (χ4v) is 4.41. The molecule has 0 aliphatic carbocycles. The molecule has 0 saturated carbocycles. The van der Waals surface area contributed by atoms with Gasteiger partial charge in [0.05, 0.1) is 13.1 Å². The summed E-state index contributed by atoms with van der Waals surface area (Å²) in [7, 11) is 0. The highest BCUT2D eigenvalue weighted by Crippen LogP contribution is 2.34. The third-order valence-corrected chi connectivity index (χ3v) is 5.75. The van der Waals surface area contributed by atoms with Gasteiger partial charge in [-0.2, -0.15) is 0 Å². The van der Waals surface area contributed by atoms with Crippen molar-refractivity contribution in [1.29, 1.82) is 0 Å². The fourth-order valence-electron chi connectivity index (χ4n) is 4.41. The summed E-state index contributed by atoms with van der Waals surface area (Å²) in [6.45, 7) is 4.15. The number of nitrogens with one attached hydrogen (secondary N) is 1. The van der Waals surface area contributed by atoms with Crippen molar-refractivity contribution in [2.75, 3.05) is 26.2 Å². The summed E-state index contributed by atoms with van der Waals surface area (Å²) in [5, 5.41) is 12.2. The number of quaternary nitrogens is 1. The number of piperidine rings is 1. The molecule has 138 valence electrons. The Kier molecular flexibility index (Phi) is 4.80. The summed E-state index contributed by atoms with van der Waals surface area (Å²) >= 11 is 0. The number of hydrogen-bond donors (Lipinski definition) is 2. The SMILES string of the molecule is O=C1NCC[N+]1(c1ccccc1)C1CCN(Cc2ccc(CO)o2)CC1. The van der Waals surface area contributed by atoms with Gasteiger partial charge >= 0.3 is 6.03 Å². The predicted octanol–water partition coefficient (Wildman–Crippen LogP) is 2.47. The zero-order valence-electron chi connectivity index (χ0n) is 14.9. The van der Waals surface area contributed by atoms with E-state index in [0.717, 1.165) is 57.0 Å². The first kappa shape index (κ1) is 17.3. The summed E-state index contributed by atoms with van der Waals surface area (Å²) in [6.07, 6.45) is 1.96. The lowest BCUT2D eigenvalue weighted by Crippen LogP contribution is -2.61. The highest BCUT2D eigenvalue weighted by molar-refractivity contribution is 5.89. The number of nitrogens with zero attached hydrogens (tertiary/aromatic N) is 2. The third kappa shape index (κ3) is 3.05. The van der Waals surface area contributed by atoms with Crippen molar-refractivity contribution in [1.82, 2.24) is 14.7 Å². The fraction of sp³-hybridized carbons (Fsp3) is 0.450. The van der Waals surface area contributed by atoms with Gasteiger partial charge in [0.1, 0.15) is 36.4 Å². The highest BCUT2D eigenvalue weighted by atomic mass is 16.4. The van der Waals surface area contributed by atoms with Gasteiger partial charge in [-0.15, -0.1) is 0 Å². The molecule has 0 spiro atoms. The van der Waals surface area contributed by atoms with Crippen LogP contribution in [0.5, 0.6) is 0 Å². The number of furan rings is 1. The van der Waals surface area contributed by atoms with Crippen LogP contribution in [0.15, 0.2) is 46.9 Å². The molecule has 1 atom stereocenters. The predicted molar refractivity (Wildman–Crippen MR) is 99.4 cm³/mol. The lowest BCUT2D eigenvalue weighted by atomic mass is 9.99. The number of amides is 2. The molecule has 3 heterocycles. The monoisotopic (exact) mass is 356 g/mol. The van der Waals surface area contributed by atoms with Crippen molar-refractivity contribution >= 4 is 11.7 Å². The molecule has 2 aromatic rings. The number of aliphatic hydroxyl groups is 1. The first-order chi connectivity index (χ1) is 12.7. The largest absolute Gasteiger partial charge is 0.462 e. The van der Waals surface area contributed by atoms with E-state index in [9.17, 15) is 4.79 Å². The van der Waals surface area contributed by atoms with Gasteiger partial charge in [0.2, 0.25) is 0 Å². The number of hydrogen-bond acceptors (Lipinski definition) is 4. The van der Waals surface area contributed by atoms with E-state index in [-0.39, 0.29) is 12.6 Å². The van der Waals surface area contributed by atoms with E-state index < -0.39 is 0 Å². The lowest BCUT2D eigenvalue weighted by molar-refractivity contribution is 0.127. The topological polar surface area (TPSA) is 65.7 Å². The minimum absolute atomic E-state index is 0.0612. The van der Waals surface area contributed by atoms with Crippen LogP contribution in [-0.2, 0) is 13.2 Å². The number of carbonyl (C=O) groups excluding carboxylic acids is 1. The van der Waals surface area contributed by atoms with Gasteiger partial charge in [0.15, 0.2) is 0 Å². The molecule has 1 aromatic carbocycles. The van der Waals surface area contributed by atoms with Crippen molar-refractivity contribution in [2.24, 2.45) is 0 Å². The molecule has 26 heavy (non-hydrogen) atoms. The van der Waals surface area contributed by atoms with Crippen LogP contribution in [0, 0.1) is 0 Å². The minimum atomic E-state index is -0.0612. The van der Waals surface area contributed by atoms with Crippen LogP contribution in [0.4, 0.5) is 10.5 Å². The molecular weight excluding hydrogens is 330 g/mol. The average molecular weight is 356 g/mol. The summed E-state index contributed by atoms with van der Waals surface area (Å²) in [5.41, 5.74) is 1.10. The summed E-state index contributed by atoms with van der Waals surface area (Å²) < 4.78 is 6.04. The molecule has 2 aliphatic rings. The van der Waals surface area contributed by atoms with Gasteiger partial charge in [-0.3, -0.25) is 10.2 Å². The van der Waals surface area contributed by atoms with Crippen LogP contribution in [0.25, 0.3) is 0 Å². The first-order valence-corrected chi connectivity index (χ1v) is 9.35. The number of urea groups is 1. The quantitative estimate of drug-likeness (QED) is 0.808. The van der Waals surface area contributed by atoms with Crippen LogP contribution in [0.2, 0.25) is 0 Å². The Hall–Kier alpha value is -2.15. The molecule has 4 rings (SSSR count). The molecule has 0 radical (unpaired) electrons. The van der Waals surface area contributed by atoms with Gasteiger partial charge in [-0.1, -0.05) is 18.2 Å². The molecule has 6 heteroatoms. The van der Waals surface area contributed by atoms with Crippen molar-refractivity contribution in [2.45, 2.75) is 32.0 Å². The van der Waals surface area contributed by atoms with Crippen LogP contribution in [-0.4, -0.2) is 48.3 Å². The van der Waals surface area contributed by atoms with Crippen molar-refractivity contribution in [3.8, 4) is 0 Å². The molecule has 2 amide bonds. The van der Waals surface area contributed by atoms with Gasteiger partial charge in [-0.25, -0.2) is 9.28 Å². The molecule has 2 N–H and O–H groups in total. The summed E-state index contributed by atoms with van der Waals surface area (Å²) in [4.78, 5) is 15.2. The highest BCUT2D eigenvalue weighted by Gasteiger charge is 2.50. The van der Waals surface area contributed by atoms with Gasteiger partial charge < -0.3 is 9.52 Å². The summed E-state index contributed by atoms with van der Waals surface area (Å²) in [5.74, 6) is 1.50. The Morgan fingerprint density at radius 3 is 2.46 bits per heavy atom. The van der Waals surface area contributed by atoms with Crippen LogP contribution < -0.4 is 9.80 Å². The number of para-hydroxylation sites is 1. The molecule has 6 nitrogen and oxygen atoms in total. The molecule has 2 fully saturated rings. The van der Waals surface area contributed by atoms with Crippen LogP contribution in [0.3, 0.4) is 0 Å². The minimum Gasteiger partial charge on any atom is -0.462 e. The Bertz CT molecular complexity index is 753.